The van der Waals surface area contributed by atoms with Crippen LogP contribution in [0.3, 0.4) is 0 Å². The molecule has 6 heteroatoms. The largest absolute Gasteiger partial charge is 0.444 e. The summed E-state index contributed by atoms with van der Waals surface area (Å²) in [6, 6.07) is 16.3. The molecule has 0 unspecified atom stereocenters. The predicted octanol–water partition coefficient (Wildman–Crippen LogP) is 2.91. The summed E-state index contributed by atoms with van der Waals surface area (Å²) in [5.74, 6) is -0.123. The first kappa shape index (κ1) is 17.0. The van der Waals surface area contributed by atoms with Gasteiger partial charge in [-0.1, -0.05) is 42.5 Å². The number of nitrogens with zero attached hydrogens (tertiary/aromatic N) is 1. The number of nitrogens with one attached hydrogen (secondary N) is 1. The fourth-order valence-electron chi connectivity index (χ4n) is 2.58. The Labute approximate surface area is 146 Å². The fourth-order valence-corrected chi connectivity index (χ4v) is 2.58. The third-order valence-electron chi connectivity index (χ3n) is 3.91. The van der Waals surface area contributed by atoms with Gasteiger partial charge in [0.2, 0.25) is 0 Å². The second-order valence-corrected chi connectivity index (χ2v) is 5.64. The second-order valence-electron chi connectivity index (χ2n) is 5.64. The Hall–Kier alpha value is -2.86. The number of morpholine rings is 1. The number of hydrogen-bond acceptors (Lipinski definition) is 4. The van der Waals surface area contributed by atoms with Crippen molar-refractivity contribution in [1.29, 1.82) is 0 Å². The van der Waals surface area contributed by atoms with E-state index in [1.165, 1.54) is 0 Å². The Kier molecular flexibility index (Phi) is 5.64. The minimum Gasteiger partial charge on any atom is -0.444 e. The molecule has 3 rings (SSSR count). The van der Waals surface area contributed by atoms with Gasteiger partial charge in [-0.15, -0.1) is 0 Å². The van der Waals surface area contributed by atoms with Crippen LogP contribution in [0.25, 0.3) is 0 Å². The van der Waals surface area contributed by atoms with E-state index in [0.29, 0.717) is 37.6 Å². The van der Waals surface area contributed by atoms with E-state index in [9.17, 15) is 9.59 Å². The Morgan fingerprint density at radius 2 is 1.68 bits per heavy atom. The molecule has 0 spiro atoms. The lowest BCUT2D eigenvalue weighted by Crippen LogP contribution is -2.41. The maximum atomic E-state index is 12.7. The van der Waals surface area contributed by atoms with Gasteiger partial charge in [0.15, 0.2) is 0 Å². The summed E-state index contributed by atoms with van der Waals surface area (Å²) < 4.78 is 10.5. The predicted molar refractivity (Wildman–Crippen MR) is 93.4 cm³/mol. The quantitative estimate of drug-likeness (QED) is 0.929. The standard InChI is InChI=1S/C19H20N2O4/c22-18(21-10-12-24-13-11-21)16-8-4-5-9-17(16)20-19(23)25-14-15-6-2-1-3-7-15/h1-9H,10-14H2,(H,20,23). The van der Waals surface area contributed by atoms with Crippen LogP contribution in [-0.4, -0.2) is 43.2 Å². The van der Waals surface area contributed by atoms with Crippen LogP contribution in [0.15, 0.2) is 54.6 Å². The van der Waals surface area contributed by atoms with Crippen molar-refractivity contribution in [1.82, 2.24) is 4.90 Å². The molecule has 0 atom stereocenters. The summed E-state index contributed by atoms with van der Waals surface area (Å²) in [5.41, 5.74) is 1.79. The van der Waals surface area contributed by atoms with E-state index in [0.717, 1.165) is 5.56 Å². The molecular formula is C19H20N2O4. The Morgan fingerprint density at radius 1 is 1.00 bits per heavy atom. The SMILES string of the molecule is O=C(Nc1ccccc1C(=O)N1CCOCC1)OCc1ccccc1. The van der Waals surface area contributed by atoms with Crippen molar-refractivity contribution in [2.45, 2.75) is 6.61 Å². The van der Waals surface area contributed by atoms with Crippen molar-refractivity contribution < 1.29 is 19.1 Å². The molecule has 1 aliphatic rings. The van der Waals surface area contributed by atoms with Gasteiger partial charge in [0.1, 0.15) is 6.61 Å². The highest BCUT2D eigenvalue weighted by Crippen LogP contribution is 2.18. The smallest absolute Gasteiger partial charge is 0.411 e. The minimum atomic E-state index is -0.592. The summed E-state index contributed by atoms with van der Waals surface area (Å²) in [7, 11) is 0. The Balaban J connectivity index is 1.64. The number of benzene rings is 2. The molecule has 25 heavy (non-hydrogen) atoms. The molecule has 1 aliphatic heterocycles. The van der Waals surface area contributed by atoms with E-state index in [2.05, 4.69) is 5.32 Å². The third-order valence-corrected chi connectivity index (χ3v) is 3.91. The molecular weight excluding hydrogens is 320 g/mol. The molecule has 0 aliphatic carbocycles. The molecule has 2 aromatic rings. The highest BCUT2D eigenvalue weighted by molar-refractivity contribution is 6.02. The summed E-state index contributed by atoms with van der Waals surface area (Å²) in [4.78, 5) is 26.4. The van der Waals surface area contributed by atoms with Gasteiger partial charge in [0, 0.05) is 13.1 Å². The summed E-state index contributed by atoms with van der Waals surface area (Å²) in [6.07, 6.45) is -0.592. The van der Waals surface area contributed by atoms with Gasteiger partial charge in [-0.25, -0.2) is 4.79 Å². The summed E-state index contributed by atoms with van der Waals surface area (Å²) >= 11 is 0. The lowest BCUT2D eigenvalue weighted by molar-refractivity contribution is 0.0303. The van der Waals surface area contributed by atoms with Crippen molar-refractivity contribution >= 4 is 17.7 Å². The average molecular weight is 340 g/mol. The van der Waals surface area contributed by atoms with Crippen LogP contribution in [0.2, 0.25) is 0 Å². The van der Waals surface area contributed by atoms with E-state index in [4.69, 9.17) is 9.47 Å². The molecule has 2 aromatic carbocycles. The highest BCUT2D eigenvalue weighted by atomic mass is 16.5. The topological polar surface area (TPSA) is 67.9 Å². The van der Waals surface area contributed by atoms with Crippen LogP contribution in [0.4, 0.5) is 10.5 Å². The average Bonchev–Trinajstić information content (AvgIpc) is 2.68. The van der Waals surface area contributed by atoms with Gasteiger partial charge in [-0.05, 0) is 17.7 Å². The summed E-state index contributed by atoms with van der Waals surface area (Å²) in [5, 5.41) is 2.66. The van der Waals surface area contributed by atoms with E-state index in [1.54, 1.807) is 29.2 Å². The Bertz CT molecular complexity index is 727. The van der Waals surface area contributed by atoms with E-state index >= 15 is 0 Å². The zero-order valence-electron chi connectivity index (χ0n) is 13.8. The molecule has 2 amide bonds. The molecule has 0 radical (unpaired) electrons. The molecule has 0 bridgehead atoms. The lowest BCUT2D eigenvalue weighted by Gasteiger charge is -2.27. The number of para-hydroxylation sites is 1. The van der Waals surface area contributed by atoms with Crippen molar-refractivity contribution in [2.24, 2.45) is 0 Å². The molecule has 1 N–H and O–H groups in total. The molecule has 0 saturated carbocycles. The summed E-state index contributed by atoms with van der Waals surface area (Å²) in [6.45, 7) is 2.32. The molecule has 1 saturated heterocycles. The van der Waals surface area contributed by atoms with Gasteiger partial charge in [-0.3, -0.25) is 10.1 Å². The van der Waals surface area contributed by atoms with Gasteiger partial charge in [0.05, 0.1) is 24.5 Å². The number of carbonyl (C=O) groups is 2. The molecule has 1 fully saturated rings. The Morgan fingerprint density at radius 3 is 2.44 bits per heavy atom. The van der Waals surface area contributed by atoms with Gasteiger partial charge >= 0.3 is 6.09 Å². The van der Waals surface area contributed by atoms with E-state index in [-0.39, 0.29) is 12.5 Å². The van der Waals surface area contributed by atoms with Crippen LogP contribution < -0.4 is 5.32 Å². The lowest BCUT2D eigenvalue weighted by atomic mass is 10.1. The van der Waals surface area contributed by atoms with Crippen LogP contribution >= 0.6 is 0 Å². The first-order valence-corrected chi connectivity index (χ1v) is 8.18. The number of amides is 2. The number of hydrogen-bond donors (Lipinski definition) is 1. The number of anilines is 1. The molecule has 0 aromatic heterocycles. The highest BCUT2D eigenvalue weighted by Gasteiger charge is 2.21. The second kappa shape index (κ2) is 8.30. The first-order valence-electron chi connectivity index (χ1n) is 8.18. The molecule has 1 heterocycles. The maximum absolute atomic E-state index is 12.7. The maximum Gasteiger partial charge on any atom is 0.411 e. The van der Waals surface area contributed by atoms with Crippen molar-refractivity contribution in [3.05, 3.63) is 65.7 Å². The fraction of sp³-hybridized carbons (Fsp3) is 0.263. The van der Waals surface area contributed by atoms with Gasteiger partial charge in [0.25, 0.3) is 5.91 Å². The van der Waals surface area contributed by atoms with Crippen LogP contribution in [-0.2, 0) is 16.1 Å². The zero-order valence-corrected chi connectivity index (χ0v) is 13.8. The van der Waals surface area contributed by atoms with Crippen molar-refractivity contribution in [2.75, 3.05) is 31.6 Å². The first-order chi connectivity index (χ1) is 12.2. The third kappa shape index (κ3) is 4.58. The van der Waals surface area contributed by atoms with E-state index < -0.39 is 6.09 Å². The van der Waals surface area contributed by atoms with E-state index in [1.807, 2.05) is 30.3 Å². The molecule has 6 nitrogen and oxygen atoms in total. The van der Waals surface area contributed by atoms with Crippen LogP contribution in [0.1, 0.15) is 15.9 Å². The van der Waals surface area contributed by atoms with Gasteiger partial charge in [-0.2, -0.15) is 0 Å². The van der Waals surface area contributed by atoms with Crippen molar-refractivity contribution in [3.63, 3.8) is 0 Å². The van der Waals surface area contributed by atoms with Gasteiger partial charge < -0.3 is 14.4 Å². The van der Waals surface area contributed by atoms with Crippen LogP contribution in [0.5, 0.6) is 0 Å². The van der Waals surface area contributed by atoms with Crippen molar-refractivity contribution in [3.8, 4) is 0 Å². The number of ether oxygens (including phenoxy) is 2. The van der Waals surface area contributed by atoms with Crippen LogP contribution in [0, 0.1) is 0 Å². The number of rotatable bonds is 4. The monoisotopic (exact) mass is 340 g/mol. The molecule has 130 valence electrons. The normalized spacial score (nSPS) is 14.0. The number of carbonyl (C=O) groups excluding carboxylic acids is 2. The zero-order chi connectivity index (χ0) is 17.5. The minimum absolute atomic E-state index is 0.123.